The first kappa shape index (κ1) is 78.4. The summed E-state index contributed by atoms with van der Waals surface area (Å²) in [6.07, 6.45) is 0. The lowest BCUT2D eigenvalue weighted by Crippen LogP contribution is -2.61. The molecule has 0 amide bonds. The molecular formula is C114H108BN5S. The molecule has 121 heavy (non-hydrogen) atoms. The molecule has 2 aliphatic rings. The Balaban J connectivity index is 0.934. The lowest BCUT2D eigenvalue weighted by molar-refractivity contribution is 0.568. The molecule has 5 nitrogen and oxygen atoms in total. The third-order valence-electron chi connectivity index (χ3n) is 25.5. The lowest BCUT2D eigenvalue weighted by Gasteiger charge is -2.46. The highest BCUT2D eigenvalue weighted by molar-refractivity contribution is 7.26. The number of para-hydroxylation sites is 3. The van der Waals surface area contributed by atoms with Crippen LogP contribution in [0.5, 0.6) is 0 Å². The summed E-state index contributed by atoms with van der Waals surface area (Å²) >= 11 is 1.91. The van der Waals surface area contributed by atoms with Crippen molar-refractivity contribution in [2.24, 2.45) is 0 Å². The third-order valence-corrected chi connectivity index (χ3v) is 26.6. The zero-order chi connectivity index (χ0) is 84.1. The van der Waals surface area contributed by atoms with Crippen LogP contribution in [0.4, 0.5) is 68.2 Å². The average molecular weight is 1590 g/mol. The van der Waals surface area contributed by atoms with E-state index in [0.717, 1.165) is 102 Å². The quantitative estimate of drug-likeness (QED) is 0.113. The van der Waals surface area contributed by atoms with Gasteiger partial charge < -0.3 is 24.2 Å². The molecule has 0 saturated carbocycles. The van der Waals surface area contributed by atoms with Gasteiger partial charge in [0.2, 0.25) is 0 Å². The third kappa shape index (κ3) is 14.0. The van der Waals surface area contributed by atoms with Crippen molar-refractivity contribution in [2.45, 2.75) is 157 Å². The molecule has 4 heterocycles. The van der Waals surface area contributed by atoms with Gasteiger partial charge in [-0.3, -0.25) is 0 Å². The normalized spacial score (nSPS) is 13.2. The van der Waals surface area contributed by atoms with Gasteiger partial charge in [-0.2, -0.15) is 0 Å². The van der Waals surface area contributed by atoms with E-state index in [4.69, 9.17) is 0 Å². The molecule has 0 N–H and O–H groups in total. The zero-order valence-electron chi connectivity index (χ0n) is 73.4. The Morgan fingerprint density at radius 2 is 0.653 bits per heavy atom. The van der Waals surface area contributed by atoms with Crippen LogP contribution in [0.2, 0.25) is 0 Å². The first-order valence-electron chi connectivity index (χ1n) is 43.2. The molecule has 0 unspecified atom stereocenters. The summed E-state index contributed by atoms with van der Waals surface area (Å²) in [4.78, 5) is 10.3. The maximum atomic E-state index is 2.69. The van der Waals surface area contributed by atoms with Crippen molar-refractivity contribution in [1.82, 2.24) is 4.57 Å². The van der Waals surface area contributed by atoms with Gasteiger partial charge in [0, 0.05) is 105 Å². The molecule has 0 fully saturated rings. The first-order valence-corrected chi connectivity index (χ1v) is 44.0. The SMILES string of the molecule is CC(C)(C)c1ccc(N(c2ccc(C(C)(C)C)cc2)c2ccc3c(c2)N(c2ccc(C(C)(C)C)cc2-c2ccccc2)c2cc(-c4ccc5c(c4)sc4ccc6c(c7ccccc7n6-c6cc(C(C)(C)C)cc(C(C)(C)C)c6)c45)cc4c2B3c2ccc(N(c3ccccc3)c3ccccc3)cc2N4c2ccc(C(C)(C)C)cc2-c2ccccc2)cc1. The minimum atomic E-state index is -0.263. The average Bonchev–Trinajstić information content (AvgIpc) is 1.24. The van der Waals surface area contributed by atoms with Gasteiger partial charge in [0.1, 0.15) is 0 Å². The molecule has 598 valence electrons. The van der Waals surface area contributed by atoms with Gasteiger partial charge >= 0.3 is 0 Å². The van der Waals surface area contributed by atoms with Crippen LogP contribution in [-0.2, 0) is 32.5 Å². The van der Waals surface area contributed by atoms with E-state index in [-0.39, 0.29) is 39.2 Å². The van der Waals surface area contributed by atoms with E-state index < -0.39 is 0 Å². The van der Waals surface area contributed by atoms with Gasteiger partial charge in [0.25, 0.3) is 6.71 Å². The highest BCUT2D eigenvalue weighted by Gasteiger charge is 2.46. The topological polar surface area (TPSA) is 17.9 Å². The van der Waals surface area contributed by atoms with E-state index in [2.05, 4.69) is 476 Å². The van der Waals surface area contributed by atoms with Gasteiger partial charge in [-0.25, -0.2) is 0 Å². The molecule has 19 rings (SSSR count). The highest BCUT2D eigenvalue weighted by atomic mass is 32.1. The number of hydrogen-bond donors (Lipinski definition) is 0. The Kier molecular flexibility index (Phi) is 18.9. The Labute approximate surface area is 721 Å². The second-order valence-electron chi connectivity index (χ2n) is 39.9. The summed E-state index contributed by atoms with van der Waals surface area (Å²) in [5, 5.41) is 5.10. The van der Waals surface area contributed by atoms with Crippen LogP contribution in [0.25, 0.3) is 81.0 Å². The lowest BCUT2D eigenvalue weighted by atomic mass is 9.33. The van der Waals surface area contributed by atoms with Crippen LogP contribution < -0.4 is 36.0 Å². The maximum Gasteiger partial charge on any atom is 0.252 e. The molecule has 0 aliphatic carbocycles. The van der Waals surface area contributed by atoms with Gasteiger partial charge in [-0.15, -0.1) is 11.3 Å². The van der Waals surface area contributed by atoms with Gasteiger partial charge in [-0.1, -0.05) is 307 Å². The molecule has 15 aromatic carbocycles. The van der Waals surface area contributed by atoms with Crippen LogP contribution in [0, 0.1) is 0 Å². The monoisotopic (exact) mass is 1590 g/mol. The molecule has 0 saturated heterocycles. The number of rotatable bonds is 12. The van der Waals surface area contributed by atoms with E-state index >= 15 is 0 Å². The molecular weight excluding hydrogens is 1480 g/mol. The molecule has 0 bridgehead atoms. The summed E-state index contributed by atoms with van der Waals surface area (Å²) in [5.74, 6) is 0. The summed E-state index contributed by atoms with van der Waals surface area (Å²) in [6.45, 7) is 41.7. The minimum Gasteiger partial charge on any atom is -0.311 e. The fourth-order valence-corrected chi connectivity index (χ4v) is 19.8. The van der Waals surface area contributed by atoms with Crippen LogP contribution in [0.3, 0.4) is 0 Å². The largest absolute Gasteiger partial charge is 0.311 e. The molecule has 17 aromatic rings. The summed E-state index contributed by atoms with van der Waals surface area (Å²) in [5.41, 5.74) is 34.6. The molecule has 2 aliphatic heterocycles. The van der Waals surface area contributed by atoms with Crippen LogP contribution >= 0.6 is 11.3 Å². The molecule has 0 atom stereocenters. The Bertz CT molecular complexity index is 6740. The van der Waals surface area contributed by atoms with Crippen molar-refractivity contribution < 1.29 is 0 Å². The Hall–Kier alpha value is -12.4. The van der Waals surface area contributed by atoms with E-state index in [1.807, 2.05) is 11.3 Å². The standard InChI is InChI=1S/C114H108BN5S/c1-109(2,3)77-44-50-85(51-45-77)117(86-52-46-78(47-53-86)110(4,5)6)88-55-58-95-101(72-88)120(98-60-49-80(112(10,11)12)70-93(98)74-35-25-20-26-36-74)103-64-76(75-43-56-91-105(65-75)121-104-62-61-99-106(107(91)104)90-41-31-32-42-96(90)118(99)89-67-81(113(13,14)15)66-82(68-89)114(16,17)18)63-102-108(103)115(95)94-57-54-87(116(83-37-27-21-28-38-83)84-39-29-22-30-40-84)71-100(94)119(102)97-59-48-79(111(7,8)9)69-92(97)73-33-23-19-24-34-73/h19-72H,1-18H3. The second-order valence-corrected chi connectivity index (χ2v) is 41.0. The van der Waals surface area contributed by atoms with Crippen LogP contribution in [0.1, 0.15) is 158 Å². The molecule has 7 heteroatoms. The van der Waals surface area contributed by atoms with Crippen molar-refractivity contribution in [2.75, 3.05) is 19.6 Å². The highest BCUT2D eigenvalue weighted by Crippen LogP contribution is 2.55. The number of anilines is 12. The maximum absolute atomic E-state index is 2.69. The second kappa shape index (κ2) is 29.2. The van der Waals surface area contributed by atoms with Crippen LogP contribution in [0.15, 0.2) is 328 Å². The Morgan fingerprint density at radius 1 is 0.248 bits per heavy atom. The van der Waals surface area contributed by atoms with Gasteiger partial charge in [-0.05, 0) is 250 Å². The van der Waals surface area contributed by atoms with Crippen molar-refractivity contribution in [3.05, 3.63) is 361 Å². The van der Waals surface area contributed by atoms with Gasteiger partial charge in [0.05, 0.1) is 22.4 Å². The van der Waals surface area contributed by atoms with E-state index in [0.29, 0.717) is 0 Å². The van der Waals surface area contributed by atoms with Crippen LogP contribution in [-0.4, -0.2) is 11.3 Å². The first-order chi connectivity index (χ1) is 57.8. The van der Waals surface area contributed by atoms with Crippen molar-refractivity contribution >= 4 is 145 Å². The summed E-state index contributed by atoms with van der Waals surface area (Å²) < 4.78 is 5.06. The molecule has 2 aromatic heterocycles. The Morgan fingerprint density at radius 3 is 1.10 bits per heavy atom. The number of thiophene rings is 1. The predicted molar refractivity (Wildman–Crippen MR) is 526 cm³/mol. The van der Waals surface area contributed by atoms with Crippen molar-refractivity contribution in [3.8, 4) is 39.1 Å². The molecule has 0 spiro atoms. The smallest absolute Gasteiger partial charge is 0.252 e. The number of benzene rings is 15. The summed E-state index contributed by atoms with van der Waals surface area (Å²) in [7, 11) is 0. The predicted octanol–water partition coefficient (Wildman–Crippen LogP) is 31.0. The number of fused-ring (bicyclic) bond motifs is 11. The molecule has 0 radical (unpaired) electrons. The zero-order valence-corrected chi connectivity index (χ0v) is 74.2. The van der Waals surface area contributed by atoms with Crippen molar-refractivity contribution in [3.63, 3.8) is 0 Å². The number of aromatic nitrogens is 1. The minimum absolute atomic E-state index is 0.0442. The number of hydrogen-bond acceptors (Lipinski definition) is 5. The fraction of sp³-hybridized carbons (Fsp3) is 0.211. The van der Waals surface area contributed by atoms with E-state index in [9.17, 15) is 0 Å². The van der Waals surface area contributed by atoms with Gasteiger partial charge in [0.15, 0.2) is 0 Å². The number of nitrogens with zero attached hydrogens (tertiary/aromatic N) is 5. The van der Waals surface area contributed by atoms with Crippen molar-refractivity contribution in [1.29, 1.82) is 0 Å². The fourth-order valence-electron chi connectivity index (χ4n) is 18.7. The van der Waals surface area contributed by atoms with E-state index in [1.54, 1.807) is 0 Å². The van der Waals surface area contributed by atoms with E-state index in [1.165, 1.54) is 97.4 Å². The summed E-state index contributed by atoms with van der Waals surface area (Å²) in [6, 6.07) is 126.